The van der Waals surface area contributed by atoms with Crippen LogP contribution in [0.1, 0.15) is 5.69 Å². The summed E-state index contributed by atoms with van der Waals surface area (Å²) in [5.41, 5.74) is 1.35. The van der Waals surface area contributed by atoms with Crippen molar-refractivity contribution < 1.29 is 4.39 Å². The molecule has 2 aromatic rings. The number of benzene rings is 1. The van der Waals surface area contributed by atoms with E-state index in [1.807, 2.05) is 12.1 Å². The summed E-state index contributed by atoms with van der Waals surface area (Å²) < 4.78 is 12.9. The van der Waals surface area contributed by atoms with E-state index in [0.29, 0.717) is 5.69 Å². The third-order valence-electron chi connectivity index (χ3n) is 3.56. The molecule has 0 aliphatic carbocycles. The first-order valence-corrected chi connectivity index (χ1v) is 6.75. The maximum Gasteiger partial charge on any atom is 0.163 e. The predicted molar refractivity (Wildman–Crippen MR) is 77.6 cm³/mol. The molecule has 1 aromatic carbocycles. The largest absolute Gasteiger partial charge is 0.368 e. The Labute approximate surface area is 122 Å². The molecular formula is C15H14FN5. The zero-order valence-electron chi connectivity index (χ0n) is 11.4. The van der Waals surface area contributed by atoms with Gasteiger partial charge in [0.05, 0.1) is 0 Å². The molecule has 21 heavy (non-hydrogen) atoms. The molecule has 1 aromatic heterocycles. The van der Waals surface area contributed by atoms with Crippen LogP contribution in [0, 0.1) is 17.1 Å². The molecule has 0 N–H and O–H groups in total. The summed E-state index contributed by atoms with van der Waals surface area (Å²) in [4.78, 5) is 4.35. The molecule has 1 aliphatic heterocycles. The van der Waals surface area contributed by atoms with Gasteiger partial charge in [0.15, 0.2) is 11.5 Å². The molecule has 0 unspecified atom stereocenters. The Morgan fingerprint density at radius 1 is 0.905 bits per heavy atom. The monoisotopic (exact) mass is 283 g/mol. The van der Waals surface area contributed by atoms with Gasteiger partial charge in [0, 0.05) is 31.9 Å². The van der Waals surface area contributed by atoms with Crippen LogP contribution in [0.5, 0.6) is 0 Å². The van der Waals surface area contributed by atoms with Crippen molar-refractivity contribution in [2.45, 2.75) is 0 Å². The molecule has 1 fully saturated rings. The molecule has 5 nitrogen and oxygen atoms in total. The first kappa shape index (κ1) is 13.3. The first-order valence-electron chi connectivity index (χ1n) is 6.75. The number of nitrogens with zero attached hydrogens (tertiary/aromatic N) is 5. The van der Waals surface area contributed by atoms with Crippen LogP contribution in [0.3, 0.4) is 0 Å². The third-order valence-corrected chi connectivity index (χ3v) is 3.56. The Hall–Kier alpha value is -2.68. The van der Waals surface area contributed by atoms with E-state index in [1.54, 1.807) is 18.2 Å². The van der Waals surface area contributed by atoms with Gasteiger partial charge in [0.1, 0.15) is 11.9 Å². The average molecular weight is 283 g/mol. The summed E-state index contributed by atoms with van der Waals surface area (Å²) in [6.07, 6.45) is 0. The lowest BCUT2D eigenvalue weighted by molar-refractivity contribution is 0.623. The maximum absolute atomic E-state index is 12.9. The molecule has 0 bridgehead atoms. The van der Waals surface area contributed by atoms with Crippen LogP contribution in [0.15, 0.2) is 36.4 Å². The van der Waals surface area contributed by atoms with E-state index < -0.39 is 0 Å². The van der Waals surface area contributed by atoms with Crippen LogP contribution in [0.2, 0.25) is 0 Å². The fraction of sp³-hybridized carbons (Fsp3) is 0.267. The summed E-state index contributed by atoms with van der Waals surface area (Å²) in [7, 11) is 0. The minimum atomic E-state index is -0.217. The molecule has 1 aliphatic rings. The molecule has 0 spiro atoms. The fourth-order valence-corrected chi connectivity index (χ4v) is 2.40. The number of nitriles is 1. The summed E-state index contributed by atoms with van der Waals surface area (Å²) in [5.74, 6) is 0.568. The summed E-state index contributed by atoms with van der Waals surface area (Å²) >= 11 is 0. The van der Waals surface area contributed by atoms with Crippen LogP contribution < -0.4 is 9.80 Å². The number of piperazine rings is 1. The standard InChI is InChI=1S/C15H14FN5/c16-12-1-4-14(5-2-12)20-7-9-21(10-8-20)15-6-3-13(11-17)18-19-15/h1-6H,7-10H2. The van der Waals surface area contributed by atoms with Gasteiger partial charge >= 0.3 is 0 Å². The molecule has 0 saturated carbocycles. The topological polar surface area (TPSA) is 56.1 Å². The van der Waals surface area contributed by atoms with E-state index in [1.165, 1.54) is 12.1 Å². The van der Waals surface area contributed by atoms with Crippen molar-refractivity contribution in [3.05, 3.63) is 47.9 Å². The molecule has 0 amide bonds. The van der Waals surface area contributed by atoms with Gasteiger partial charge in [-0.15, -0.1) is 10.2 Å². The van der Waals surface area contributed by atoms with Gasteiger partial charge in [0.2, 0.25) is 0 Å². The number of hydrogen-bond donors (Lipinski definition) is 0. The number of anilines is 2. The van der Waals surface area contributed by atoms with Gasteiger partial charge in [-0.05, 0) is 36.4 Å². The van der Waals surface area contributed by atoms with Gasteiger partial charge in [0.25, 0.3) is 0 Å². The fourth-order valence-electron chi connectivity index (χ4n) is 2.40. The highest BCUT2D eigenvalue weighted by molar-refractivity contribution is 5.49. The van der Waals surface area contributed by atoms with Crippen molar-refractivity contribution in [1.82, 2.24) is 10.2 Å². The number of rotatable bonds is 2. The van der Waals surface area contributed by atoms with Crippen molar-refractivity contribution in [2.24, 2.45) is 0 Å². The number of halogens is 1. The lowest BCUT2D eigenvalue weighted by Gasteiger charge is -2.36. The van der Waals surface area contributed by atoms with Gasteiger partial charge in [-0.25, -0.2) is 4.39 Å². The first-order chi connectivity index (χ1) is 10.3. The molecule has 2 heterocycles. The third kappa shape index (κ3) is 2.92. The molecular weight excluding hydrogens is 269 g/mol. The van der Waals surface area contributed by atoms with E-state index in [9.17, 15) is 4.39 Å². The van der Waals surface area contributed by atoms with E-state index in [-0.39, 0.29) is 5.82 Å². The normalized spacial score (nSPS) is 14.9. The van der Waals surface area contributed by atoms with Crippen molar-refractivity contribution in [1.29, 1.82) is 5.26 Å². The van der Waals surface area contributed by atoms with Crippen LogP contribution >= 0.6 is 0 Å². The van der Waals surface area contributed by atoms with Gasteiger partial charge in [-0.1, -0.05) is 0 Å². The Balaban J connectivity index is 1.64. The second kappa shape index (κ2) is 5.75. The van der Waals surface area contributed by atoms with Crippen LogP contribution in [0.25, 0.3) is 0 Å². The van der Waals surface area contributed by atoms with Crippen LogP contribution in [0.4, 0.5) is 15.9 Å². The zero-order chi connectivity index (χ0) is 14.7. The minimum Gasteiger partial charge on any atom is -0.368 e. The lowest BCUT2D eigenvalue weighted by Crippen LogP contribution is -2.46. The molecule has 1 saturated heterocycles. The number of aromatic nitrogens is 2. The highest BCUT2D eigenvalue weighted by Crippen LogP contribution is 2.19. The highest BCUT2D eigenvalue weighted by Gasteiger charge is 2.18. The van der Waals surface area contributed by atoms with Gasteiger partial charge in [-0.2, -0.15) is 5.26 Å². The predicted octanol–water partition coefficient (Wildman–Crippen LogP) is 1.81. The smallest absolute Gasteiger partial charge is 0.163 e. The van der Waals surface area contributed by atoms with Crippen molar-refractivity contribution in [2.75, 3.05) is 36.0 Å². The minimum absolute atomic E-state index is 0.217. The van der Waals surface area contributed by atoms with Gasteiger partial charge < -0.3 is 9.80 Å². The van der Waals surface area contributed by atoms with E-state index in [0.717, 1.165) is 37.7 Å². The van der Waals surface area contributed by atoms with E-state index in [2.05, 4.69) is 20.0 Å². The summed E-state index contributed by atoms with van der Waals surface area (Å²) in [5, 5.41) is 16.6. The van der Waals surface area contributed by atoms with Gasteiger partial charge in [-0.3, -0.25) is 0 Å². The Morgan fingerprint density at radius 2 is 1.57 bits per heavy atom. The molecule has 0 radical (unpaired) electrons. The van der Waals surface area contributed by atoms with Crippen LogP contribution in [-0.4, -0.2) is 36.4 Å². The number of hydrogen-bond acceptors (Lipinski definition) is 5. The van der Waals surface area contributed by atoms with E-state index >= 15 is 0 Å². The molecule has 6 heteroatoms. The van der Waals surface area contributed by atoms with Crippen molar-refractivity contribution in [3.8, 4) is 6.07 Å². The SMILES string of the molecule is N#Cc1ccc(N2CCN(c3ccc(F)cc3)CC2)nn1. The summed E-state index contributed by atoms with van der Waals surface area (Å²) in [6, 6.07) is 12.0. The van der Waals surface area contributed by atoms with Crippen molar-refractivity contribution in [3.63, 3.8) is 0 Å². The zero-order valence-corrected chi connectivity index (χ0v) is 11.4. The quantitative estimate of drug-likeness (QED) is 0.841. The average Bonchev–Trinajstić information content (AvgIpc) is 2.56. The molecule has 0 atom stereocenters. The second-order valence-corrected chi connectivity index (χ2v) is 4.84. The highest BCUT2D eigenvalue weighted by atomic mass is 19.1. The lowest BCUT2D eigenvalue weighted by atomic mass is 10.2. The Bertz CT molecular complexity index is 639. The van der Waals surface area contributed by atoms with Crippen molar-refractivity contribution >= 4 is 11.5 Å². The summed E-state index contributed by atoms with van der Waals surface area (Å²) in [6.45, 7) is 3.32. The maximum atomic E-state index is 12.9. The van der Waals surface area contributed by atoms with Crippen LogP contribution in [-0.2, 0) is 0 Å². The second-order valence-electron chi connectivity index (χ2n) is 4.84. The molecule has 106 valence electrons. The Morgan fingerprint density at radius 3 is 2.14 bits per heavy atom. The Kier molecular flexibility index (Phi) is 3.65. The molecule has 3 rings (SSSR count). The van der Waals surface area contributed by atoms with E-state index in [4.69, 9.17) is 5.26 Å².